The zero-order chi connectivity index (χ0) is 19.0. The number of rotatable bonds is 3. The molecule has 1 heterocycles. The summed E-state index contributed by atoms with van der Waals surface area (Å²) in [4.78, 5) is 17.1. The van der Waals surface area contributed by atoms with Gasteiger partial charge in [0.2, 0.25) is 5.89 Å². The Morgan fingerprint density at radius 2 is 1.85 bits per heavy atom. The number of nitrogens with zero attached hydrogens (tertiary/aromatic N) is 1. The van der Waals surface area contributed by atoms with Gasteiger partial charge in [-0.15, -0.1) is 0 Å². The molecule has 1 N–H and O–H groups in total. The molecular formula is C21H14Cl2N2O2. The third-order valence-corrected chi connectivity index (χ3v) is 4.93. The van der Waals surface area contributed by atoms with Crippen molar-refractivity contribution in [3.8, 4) is 11.5 Å². The van der Waals surface area contributed by atoms with E-state index >= 15 is 0 Å². The van der Waals surface area contributed by atoms with Crippen LogP contribution in [0.4, 0.5) is 5.69 Å². The van der Waals surface area contributed by atoms with Crippen LogP contribution in [-0.2, 0) is 0 Å². The fourth-order valence-corrected chi connectivity index (χ4v) is 3.15. The maximum absolute atomic E-state index is 12.5. The molecule has 0 aliphatic carbocycles. The summed E-state index contributed by atoms with van der Waals surface area (Å²) in [7, 11) is 0. The summed E-state index contributed by atoms with van der Waals surface area (Å²) in [5.74, 6) is 0.153. The molecule has 0 atom stereocenters. The highest BCUT2D eigenvalue weighted by atomic mass is 35.5. The van der Waals surface area contributed by atoms with Crippen molar-refractivity contribution in [1.82, 2.24) is 4.98 Å². The van der Waals surface area contributed by atoms with Crippen LogP contribution in [-0.4, -0.2) is 10.9 Å². The summed E-state index contributed by atoms with van der Waals surface area (Å²) in [5.41, 5.74) is 4.31. The smallest absolute Gasteiger partial charge is 0.257 e. The zero-order valence-electron chi connectivity index (χ0n) is 14.3. The molecule has 6 heteroatoms. The topological polar surface area (TPSA) is 55.1 Å². The molecular weight excluding hydrogens is 383 g/mol. The van der Waals surface area contributed by atoms with Crippen LogP contribution < -0.4 is 5.32 Å². The van der Waals surface area contributed by atoms with E-state index < -0.39 is 0 Å². The van der Waals surface area contributed by atoms with E-state index in [1.54, 1.807) is 30.3 Å². The highest BCUT2D eigenvalue weighted by Crippen LogP contribution is 2.28. The van der Waals surface area contributed by atoms with Crippen LogP contribution >= 0.6 is 23.2 Å². The van der Waals surface area contributed by atoms with Crippen LogP contribution in [0.1, 0.15) is 15.9 Å². The fourth-order valence-electron chi connectivity index (χ4n) is 2.77. The summed E-state index contributed by atoms with van der Waals surface area (Å²) in [6.45, 7) is 2.00. The van der Waals surface area contributed by atoms with Crippen LogP contribution in [0.15, 0.2) is 65.1 Å². The van der Waals surface area contributed by atoms with Crippen LogP contribution in [0.2, 0.25) is 10.0 Å². The van der Waals surface area contributed by atoms with Crippen LogP contribution in [0.3, 0.4) is 0 Å². The van der Waals surface area contributed by atoms with E-state index in [0.29, 0.717) is 22.2 Å². The molecule has 0 saturated heterocycles. The second-order valence-electron chi connectivity index (χ2n) is 6.13. The van der Waals surface area contributed by atoms with Crippen molar-refractivity contribution in [1.29, 1.82) is 0 Å². The van der Waals surface area contributed by atoms with Gasteiger partial charge in [0.1, 0.15) is 5.52 Å². The molecule has 134 valence electrons. The maximum Gasteiger partial charge on any atom is 0.257 e. The Labute approximate surface area is 165 Å². The number of aromatic nitrogens is 1. The second-order valence-corrected chi connectivity index (χ2v) is 6.91. The third-order valence-electron chi connectivity index (χ3n) is 4.11. The Kier molecular flexibility index (Phi) is 4.60. The van der Waals surface area contributed by atoms with Gasteiger partial charge in [0, 0.05) is 11.3 Å². The molecule has 0 radical (unpaired) electrons. The van der Waals surface area contributed by atoms with Crippen molar-refractivity contribution < 1.29 is 9.21 Å². The SMILES string of the molecule is Cc1ccc2oc(-c3cccc(NC(=O)c4cccc(Cl)c4Cl)c3)nc2c1. The lowest BCUT2D eigenvalue weighted by Crippen LogP contribution is -2.12. The quantitative estimate of drug-likeness (QED) is 0.438. The fraction of sp³-hybridized carbons (Fsp3) is 0.0476. The zero-order valence-corrected chi connectivity index (χ0v) is 15.8. The van der Waals surface area contributed by atoms with Crippen LogP contribution in [0, 0.1) is 6.92 Å². The van der Waals surface area contributed by atoms with Gasteiger partial charge in [-0.05, 0) is 55.0 Å². The average Bonchev–Trinajstić information content (AvgIpc) is 3.07. The van der Waals surface area contributed by atoms with Gasteiger partial charge in [0.15, 0.2) is 5.58 Å². The first kappa shape index (κ1) is 17.6. The molecule has 0 fully saturated rings. The minimum atomic E-state index is -0.340. The molecule has 0 spiro atoms. The summed E-state index contributed by atoms with van der Waals surface area (Å²) < 4.78 is 5.83. The molecule has 4 aromatic rings. The normalized spacial score (nSPS) is 10.9. The maximum atomic E-state index is 12.5. The lowest BCUT2D eigenvalue weighted by atomic mass is 10.1. The first-order valence-corrected chi connectivity index (χ1v) is 9.00. The highest BCUT2D eigenvalue weighted by Gasteiger charge is 2.14. The van der Waals surface area contributed by atoms with Gasteiger partial charge in [-0.25, -0.2) is 4.98 Å². The molecule has 0 aliphatic rings. The Balaban J connectivity index is 1.64. The van der Waals surface area contributed by atoms with E-state index in [9.17, 15) is 4.79 Å². The molecule has 4 nitrogen and oxygen atoms in total. The monoisotopic (exact) mass is 396 g/mol. The lowest BCUT2D eigenvalue weighted by Gasteiger charge is -2.08. The number of halogens is 2. The number of amides is 1. The van der Waals surface area contributed by atoms with Gasteiger partial charge in [-0.3, -0.25) is 4.79 Å². The van der Waals surface area contributed by atoms with Gasteiger partial charge in [-0.1, -0.05) is 41.4 Å². The summed E-state index contributed by atoms with van der Waals surface area (Å²) in [6, 6.07) is 18.1. The molecule has 0 unspecified atom stereocenters. The molecule has 0 bridgehead atoms. The van der Waals surface area contributed by atoms with Gasteiger partial charge in [0.05, 0.1) is 15.6 Å². The molecule has 3 aromatic carbocycles. The summed E-state index contributed by atoms with van der Waals surface area (Å²) in [6.07, 6.45) is 0. The standard InChI is InChI=1S/C21H14Cl2N2O2/c1-12-8-9-18-17(10-12)25-21(27-18)13-4-2-5-14(11-13)24-20(26)15-6-3-7-16(22)19(15)23/h2-11H,1H3,(H,24,26). The van der Waals surface area contributed by atoms with E-state index in [-0.39, 0.29) is 10.9 Å². The number of carbonyl (C=O) groups is 1. The number of carbonyl (C=O) groups excluding carboxylic acids is 1. The molecule has 0 aliphatic heterocycles. The van der Waals surface area contributed by atoms with Gasteiger partial charge in [-0.2, -0.15) is 0 Å². The van der Waals surface area contributed by atoms with Gasteiger partial charge >= 0.3 is 0 Å². The Morgan fingerprint density at radius 1 is 1.04 bits per heavy atom. The summed E-state index contributed by atoms with van der Waals surface area (Å²) >= 11 is 12.1. The van der Waals surface area contributed by atoms with Crippen LogP contribution in [0.5, 0.6) is 0 Å². The van der Waals surface area contributed by atoms with Crippen molar-refractivity contribution in [3.63, 3.8) is 0 Å². The van der Waals surface area contributed by atoms with Crippen molar-refractivity contribution in [3.05, 3.63) is 81.8 Å². The Hall–Kier alpha value is -2.82. The molecule has 0 saturated carbocycles. The van der Waals surface area contributed by atoms with Crippen molar-refractivity contribution in [2.24, 2.45) is 0 Å². The minimum absolute atomic E-state index is 0.224. The molecule has 4 rings (SSSR count). The van der Waals surface area contributed by atoms with E-state index in [4.69, 9.17) is 27.6 Å². The number of fused-ring (bicyclic) bond motifs is 1. The molecule has 27 heavy (non-hydrogen) atoms. The average molecular weight is 397 g/mol. The number of hydrogen-bond acceptors (Lipinski definition) is 3. The first-order chi connectivity index (χ1) is 13.0. The number of benzene rings is 3. The van der Waals surface area contributed by atoms with Crippen molar-refractivity contribution in [2.45, 2.75) is 6.92 Å². The third kappa shape index (κ3) is 3.54. The first-order valence-electron chi connectivity index (χ1n) is 8.24. The Morgan fingerprint density at radius 3 is 2.70 bits per heavy atom. The highest BCUT2D eigenvalue weighted by molar-refractivity contribution is 6.44. The minimum Gasteiger partial charge on any atom is -0.436 e. The number of nitrogens with one attached hydrogen (secondary N) is 1. The van der Waals surface area contributed by atoms with Crippen molar-refractivity contribution >= 4 is 45.9 Å². The lowest BCUT2D eigenvalue weighted by molar-refractivity contribution is 0.102. The predicted molar refractivity (Wildman–Crippen MR) is 109 cm³/mol. The van der Waals surface area contributed by atoms with Crippen molar-refractivity contribution in [2.75, 3.05) is 5.32 Å². The second kappa shape index (κ2) is 7.06. The number of hydrogen-bond donors (Lipinski definition) is 1. The number of anilines is 1. The molecule has 1 aromatic heterocycles. The Bertz CT molecular complexity index is 1170. The summed E-state index contributed by atoms with van der Waals surface area (Å²) in [5, 5.41) is 3.39. The van der Waals surface area contributed by atoms with Gasteiger partial charge < -0.3 is 9.73 Å². The van der Waals surface area contributed by atoms with Crippen LogP contribution in [0.25, 0.3) is 22.6 Å². The molecule has 1 amide bonds. The van der Waals surface area contributed by atoms with E-state index in [1.165, 1.54) is 0 Å². The van der Waals surface area contributed by atoms with Gasteiger partial charge in [0.25, 0.3) is 5.91 Å². The number of aryl methyl sites for hydroxylation is 1. The van der Waals surface area contributed by atoms with E-state index in [2.05, 4.69) is 10.3 Å². The van der Waals surface area contributed by atoms with E-state index in [1.807, 2.05) is 37.3 Å². The van der Waals surface area contributed by atoms with E-state index in [0.717, 1.165) is 22.2 Å². The predicted octanol–water partition coefficient (Wildman–Crippen LogP) is 6.36. The number of oxazole rings is 1. The largest absolute Gasteiger partial charge is 0.436 e.